The molecule has 0 radical (unpaired) electrons. The van der Waals surface area contributed by atoms with Crippen molar-refractivity contribution in [2.45, 2.75) is 56.0 Å². The topological polar surface area (TPSA) is 37.8 Å². The first kappa shape index (κ1) is 12.8. The fourth-order valence-electron chi connectivity index (χ4n) is 2.32. The minimum atomic E-state index is 0.676. The Bertz CT molecular complexity index is 337. The van der Waals surface area contributed by atoms with E-state index in [1.807, 2.05) is 31.1 Å². The van der Waals surface area contributed by atoms with Crippen molar-refractivity contribution in [3.63, 3.8) is 0 Å². The van der Waals surface area contributed by atoms with Gasteiger partial charge in [0.05, 0.1) is 0 Å². The summed E-state index contributed by atoms with van der Waals surface area (Å²) >= 11 is 1.84. The van der Waals surface area contributed by atoms with Crippen molar-refractivity contribution in [2.24, 2.45) is 0 Å². The Morgan fingerprint density at radius 3 is 2.82 bits per heavy atom. The zero-order chi connectivity index (χ0) is 12.1. The molecule has 17 heavy (non-hydrogen) atoms. The Balaban J connectivity index is 1.87. The molecular formula is C13H21N3S. The molecular weight excluding hydrogens is 230 g/mol. The van der Waals surface area contributed by atoms with Gasteiger partial charge in [0.2, 0.25) is 0 Å². The van der Waals surface area contributed by atoms with Crippen molar-refractivity contribution < 1.29 is 0 Å². The molecule has 1 N–H and O–H groups in total. The average Bonchev–Trinajstić information content (AvgIpc) is 2.33. The molecule has 1 heterocycles. The predicted octanol–water partition coefficient (Wildman–Crippen LogP) is 2.80. The maximum Gasteiger partial charge on any atom is 0.187 e. The van der Waals surface area contributed by atoms with Crippen LogP contribution in [-0.2, 0) is 0 Å². The van der Waals surface area contributed by atoms with Gasteiger partial charge >= 0.3 is 0 Å². The molecule has 0 spiro atoms. The maximum atomic E-state index is 4.37. The van der Waals surface area contributed by atoms with Gasteiger partial charge in [-0.05, 0) is 38.3 Å². The van der Waals surface area contributed by atoms with Crippen LogP contribution < -0.4 is 5.32 Å². The van der Waals surface area contributed by atoms with E-state index >= 15 is 0 Å². The first-order chi connectivity index (χ1) is 8.28. The van der Waals surface area contributed by atoms with Gasteiger partial charge in [-0.25, -0.2) is 9.97 Å². The van der Waals surface area contributed by atoms with Gasteiger partial charge in [0, 0.05) is 23.7 Å². The lowest BCUT2D eigenvalue weighted by atomic mass is 9.95. The van der Waals surface area contributed by atoms with Gasteiger partial charge in [-0.15, -0.1) is 0 Å². The van der Waals surface area contributed by atoms with E-state index in [1.54, 1.807) is 0 Å². The van der Waals surface area contributed by atoms with Crippen LogP contribution in [0.1, 0.15) is 38.2 Å². The van der Waals surface area contributed by atoms with E-state index in [9.17, 15) is 0 Å². The van der Waals surface area contributed by atoms with E-state index in [0.29, 0.717) is 11.3 Å². The Morgan fingerprint density at radius 2 is 2.12 bits per heavy atom. The summed E-state index contributed by atoms with van der Waals surface area (Å²) in [5, 5.41) is 5.16. The lowest BCUT2D eigenvalue weighted by Gasteiger charge is -2.28. The van der Waals surface area contributed by atoms with E-state index < -0.39 is 0 Å². The van der Waals surface area contributed by atoms with Crippen LogP contribution in [0.15, 0.2) is 17.6 Å². The molecule has 0 bridgehead atoms. The molecule has 0 aliphatic heterocycles. The highest BCUT2D eigenvalue weighted by molar-refractivity contribution is 7.99. The standard InChI is InChI=1S/C13H21N3S/c1-3-14-11-5-4-6-12(7-11)17-13-15-8-10(2)9-16-13/h8-9,11-12,14H,3-7H2,1-2H3. The van der Waals surface area contributed by atoms with Gasteiger partial charge < -0.3 is 5.32 Å². The summed E-state index contributed by atoms with van der Waals surface area (Å²) < 4.78 is 0. The third-order valence-electron chi connectivity index (χ3n) is 3.15. The summed E-state index contributed by atoms with van der Waals surface area (Å²) in [6.07, 6.45) is 8.99. The van der Waals surface area contributed by atoms with Crippen molar-refractivity contribution in [3.8, 4) is 0 Å². The van der Waals surface area contributed by atoms with Crippen molar-refractivity contribution in [1.82, 2.24) is 15.3 Å². The molecule has 0 aromatic carbocycles. The van der Waals surface area contributed by atoms with Gasteiger partial charge in [-0.3, -0.25) is 0 Å². The number of aryl methyl sites for hydroxylation is 1. The Hall–Kier alpha value is -0.610. The van der Waals surface area contributed by atoms with E-state index in [2.05, 4.69) is 22.2 Å². The number of nitrogens with one attached hydrogen (secondary N) is 1. The van der Waals surface area contributed by atoms with E-state index in [1.165, 1.54) is 25.7 Å². The number of hydrogen-bond acceptors (Lipinski definition) is 4. The minimum absolute atomic E-state index is 0.676. The largest absolute Gasteiger partial charge is 0.314 e. The van der Waals surface area contributed by atoms with Gasteiger partial charge in [0.1, 0.15) is 0 Å². The molecule has 1 aliphatic carbocycles. The van der Waals surface area contributed by atoms with Crippen LogP contribution in [-0.4, -0.2) is 27.8 Å². The van der Waals surface area contributed by atoms with E-state index in [4.69, 9.17) is 0 Å². The molecule has 0 amide bonds. The highest BCUT2D eigenvalue weighted by atomic mass is 32.2. The van der Waals surface area contributed by atoms with Gasteiger partial charge in [-0.2, -0.15) is 0 Å². The molecule has 1 saturated carbocycles. The summed E-state index contributed by atoms with van der Waals surface area (Å²) in [7, 11) is 0. The zero-order valence-electron chi connectivity index (χ0n) is 10.6. The monoisotopic (exact) mass is 251 g/mol. The molecule has 2 rings (SSSR count). The molecule has 4 heteroatoms. The van der Waals surface area contributed by atoms with Gasteiger partial charge in [-0.1, -0.05) is 25.1 Å². The number of hydrogen-bond donors (Lipinski definition) is 1. The average molecular weight is 251 g/mol. The lowest BCUT2D eigenvalue weighted by Crippen LogP contribution is -2.34. The molecule has 1 fully saturated rings. The highest BCUT2D eigenvalue weighted by Crippen LogP contribution is 2.31. The second-order valence-corrected chi connectivity index (χ2v) is 5.97. The van der Waals surface area contributed by atoms with Crippen LogP contribution in [0.3, 0.4) is 0 Å². The fraction of sp³-hybridized carbons (Fsp3) is 0.692. The summed E-state index contributed by atoms with van der Waals surface area (Å²) in [5.74, 6) is 0. The zero-order valence-corrected chi connectivity index (χ0v) is 11.5. The van der Waals surface area contributed by atoms with E-state index in [-0.39, 0.29) is 0 Å². The molecule has 1 aromatic heterocycles. The third-order valence-corrected chi connectivity index (χ3v) is 4.33. The lowest BCUT2D eigenvalue weighted by molar-refractivity contribution is 0.387. The third kappa shape index (κ3) is 3.96. The van der Waals surface area contributed by atoms with Gasteiger partial charge in [0.25, 0.3) is 0 Å². The van der Waals surface area contributed by atoms with Crippen LogP contribution in [0.4, 0.5) is 0 Å². The van der Waals surface area contributed by atoms with Crippen LogP contribution in [0.25, 0.3) is 0 Å². The Labute approximate surface area is 108 Å². The van der Waals surface area contributed by atoms with E-state index in [0.717, 1.165) is 17.3 Å². The van der Waals surface area contributed by atoms with Crippen LogP contribution >= 0.6 is 11.8 Å². The van der Waals surface area contributed by atoms with Crippen molar-refractivity contribution >= 4 is 11.8 Å². The summed E-state index contributed by atoms with van der Waals surface area (Å²) in [4.78, 5) is 8.75. The number of aromatic nitrogens is 2. The number of nitrogens with zero attached hydrogens (tertiary/aromatic N) is 2. The van der Waals surface area contributed by atoms with Crippen LogP contribution in [0.2, 0.25) is 0 Å². The smallest absolute Gasteiger partial charge is 0.187 e. The first-order valence-electron chi connectivity index (χ1n) is 6.46. The number of rotatable bonds is 4. The predicted molar refractivity (Wildman–Crippen MR) is 72.3 cm³/mol. The summed E-state index contributed by atoms with van der Waals surface area (Å²) in [6.45, 7) is 5.28. The molecule has 0 saturated heterocycles. The number of thioether (sulfide) groups is 1. The minimum Gasteiger partial charge on any atom is -0.314 e. The molecule has 3 nitrogen and oxygen atoms in total. The molecule has 1 aromatic rings. The normalized spacial score (nSPS) is 24.8. The van der Waals surface area contributed by atoms with Crippen LogP contribution in [0, 0.1) is 6.92 Å². The van der Waals surface area contributed by atoms with Crippen molar-refractivity contribution in [1.29, 1.82) is 0 Å². The fourth-order valence-corrected chi connectivity index (χ4v) is 3.46. The Kier molecular flexibility index (Phi) is 4.80. The maximum absolute atomic E-state index is 4.37. The SMILES string of the molecule is CCNC1CCCC(Sc2ncc(C)cn2)C1. The Morgan fingerprint density at radius 1 is 1.35 bits per heavy atom. The quantitative estimate of drug-likeness (QED) is 0.835. The second kappa shape index (κ2) is 6.36. The van der Waals surface area contributed by atoms with Crippen molar-refractivity contribution in [3.05, 3.63) is 18.0 Å². The first-order valence-corrected chi connectivity index (χ1v) is 7.34. The van der Waals surface area contributed by atoms with Crippen molar-refractivity contribution in [2.75, 3.05) is 6.54 Å². The highest BCUT2D eigenvalue weighted by Gasteiger charge is 2.22. The molecule has 2 unspecified atom stereocenters. The van der Waals surface area contributed by atoms with Crippen LogP contribution in [0.5, 0.6) is 0 Å². The molecule has 2 atom stereocenters. The summed E-state index contributed by atoms with van der Waals surface area (Å²) in [6, 6.07) is 0.691. The van der Waals surface area contributed by atoms with Gasteiger partial charge in [0.15, 0.2) is 5.16 Å². The molecule has 94 valence electrons. The molecule has 1 aliphatic rings. The second-order valence-electron chi connectivity index (χ2n) is 4.70. The summed E-state index contributed by atoms with van der Waals surface area (Å²) in [5.41, 5.74) is 1.13.